The Morgan fingerprint density at radius 2 is 1.68 bits per heavy atom. The van der Waals surface area contributed by atoms with E-state index >= 15 is 0 Å². The number of thiophene rings is 1. The minimum Gasteiger partial charge on any atom is -0.337 e. The largest absolute Gasteiger partial charge is 0.337 e. The number of piperazine rings is 1. The number of hydrogen-bond acceptors (Lipinski definition) is 7. The summed E-state index contributed by atoms with van der Waals surface area (Å²) < 4.78 is 30.0. The normalized spacial score (nSPS) is 21.8. The predicted octanol–water partition coefficient (Wildman–Crippen LogP) is 3.38. The number of piperidine rings is 1. The van der Waals surface area contributed by atoms with Gasteiger partial charge in [0.15, 0.2) is 0 Å². The molecule has 1 N–H and O–H groups in total. The third kappa shape index (κ3) is 6.86. The number of fused-ring (bicyclic) bond motifs is 1. The molecule has 0 spiro atoms. The Hall–Kier alpha value is -2.84. The number of nitrogens with zero attached hydrogens (tertiary/aromatic N) is 4. The Labute approximate surface area is 270 Å². The van der Waals surface area contributed by atoms with Crippen LogP contribution in [0.2, 0.25) is 0 Å². The summed E-state index contributed by atoms with van der Waals surface area (Å²) in [5.74, 6) is -0.383. The fourth-order valence-electron chi connectivity index (χ4n) is 6.42. The Morgan fingerprint density at radius 3 is 2.45 bits per heavy atom. The van der Waals surface area contributed by atoms with Crippen molar-refractivity contribution in [2.24, 2.45) is 0 Å². The van der Waals surface area contributed by atoms with E-state index in [9.17, 15) is 22.8 Å². The summed E-state index contributed by atoms with van der Waals surface area (Å²) in [7, 11) is -3.94. The zero-order valence-electron chi connectivity index (χ0n) is 24.4. The van der Waals surface area contributed by atoms with Crippen LogP contribution in [0.4, 0.5) is 0 Å². The fraction of sp³-hybridized carbons (Fsp3) is 0.452. The lowest BCUT2D eigenvalue weighted by atomic mass is 10.1. The van der Waals surface area contributed by atoms with Crippen LogP contribution in [0.5, 0.6) is 0 Å². The van der Waals surface area contributed by atoms with Crippen LogP contribution < -0.4 is 4.72 Å². The lowest BCUT2D eigenvalue weighted by Gasteiger charge is -2.38. The number of benzene rings is 2. The summed E-state index contributed by atoms with van der Waals surface area (Å²) in [6, 6.07) is 13.4. The van der Waals surface area contributed by atoms with Crippen molar-refractivity contribution in [2.75, 3.05) is 52.4 Å². The molecule has 2 atom stereocenters. The Kier molecular flexibility index (Phi) is 9.39. The second-order valence-electron chi connectivity index (χ2n) is 11.7. The van der Waals surface area contributed by atoms with Crippen LogP contribution >= 0.6 is 27.3 Å². The minimum absolute atomic E-state index is 0.0541. The third-order valence-corrected chi connectivity index (χ3v) is 11.6. The van der Waals surface area contributed by atoms with Gasteiger partial charge in [0.25, 0.3) is 5.91 Å². The topological polar surface area (TPSA) is 110 Å². The first kappa shape index (κ1) is 31.2. The molecule has 3 aliphatic heterocycles. The lowest BCUT2D eigenvalue weighted by molar-refractivity contribution is -0.143. The first-order valence-corrected chi connectivity index (χ1v) is 18.2. The van der Waals surface area contributed by atoms with E-state index in [0.29, 0.717) is 39.0 Å². The van der Waals surface area contributed by atoms with Crippen molar-refractivity contribution in [1.82, 2.24) is 24.3 Å². The molecular formula is C31H36BrN5O5S2. The minimum atomic E-state index is -3.94. The summed E-state index contributed by atoms with van der Waals surface area (Å²) >= 11 is 4.89. The van der Waals surface area contributed by atoms with Gasteiger partial charge in [0.2, 0.25) is 21.8 Å². The summed E-state index contributed by atoms with van der Waals surface area (Å²) in [6.07, 6.45) is 2.80. The molecule has 13 heteroatoms. The number of carbonyl (C=O) groups is 3. The molecular weight excluding hydrogens is 666 g/mol. The van der Waals surface area contributed by atoms with Crippen LogP contribution in [0.15, 0.2) is 63.3 Å². The number of halogens is 1. The Balaban J connectivity index is 1.03. The quantitative estimate of drug-likeness (QED) is 0.386. The number of nitrogens with one attached hydrogen (secondary N) is 1. The molecule has 10 nitrogen and oxygen atoms in total. The molecule has 3 aliphatic rings. The van der Waals surface area contributed by atoms with Gasteiger partial charge in [-0.3, -0.25) is 19.3 Å². The predicted molar refractivity (Wildman–Crippen MR) is 173 cm³/mol. The van der Waals surface area contributed by atoms with Gasteiger partial charge in [0, 0.05) is 56.3 Å². The van der Waals surface area contributed by atoms with E-state index in [1.54, 1.807) is 18.2 Å². The fourth-order valence-corrected chi connectivity index (χ4v) is 8.75. The zero-order chi connectivity index (χ0) is 30.8. The molecule has 3 amide bonds. The standard InChI is InChI=1S/C31H36BrN5O5S2/c32-24-9-7-23-19-26(10-8-22(23)18-24)44(41,42)33-27-5-2-11-36(30(27)39)21-29(38)37-12-1-4-25(37)20-34-13-15-35(16-14-34)31(40)28-6-3-17-43-28/h3,6-10,17-19,25,27,33H,1-2,4-5,11-16,20-21H2. The summed E-state index contributed by atoms with van der Waals surface area (Å²) in [4.78, 5) is 48.0. The molecule has 6 rings (SSSR count). The van der Waals surface area contributed by atoms with Crippen LogP contribution in [0.25, 0.3) is 10.8 Å². The van der Waals surface area contributed by atoms with Gasteiger partial charge in [-0.15, -0.1) is 11.3 Å². The van der Waals surface area contributed by atoms with Gasteiger partial charge in [-0.25, -0.2) is 8.42 Å². The van der Waals surface area contributed by atoms with Crippen LogP contribution in [0.1, 0.15) is 35.4 Å². The van der Waals surface area contributed by atoms with Gasteiger partial charge in [-0.05, 0) is 72.2 Å². The highest BCUT2D eigenvalue weighted by Crippen LogP contribution is 2.25. The van der Waals surface area contributed by atoms with Crippen LogP contribution in [0.3, 0.4) is 0 Å². The maximum atomic E-state index is 13.5. The summed E-state index contributed by atoms with van der Waals surface area (Å²) in [5, 5.41) is 3.60. The summed E-state index contributed by atoms with van der Waals surface area (Å²) in [5.41, 5.74) is 0. The van der Waals surface area contributed by atoms with Crippen LogP contribution in [-0.4, -0.2) is 110 Å². The number of sulfonamides is 1. The number of likely N-dealkylation sites (tertiary alicyclic amines) is 2. The van der Waals surface area contributed by atoms with E-state index in [-0.39, 0.29) is 35.2 Å². The molecule has 3 saturated heterocycles. The molecule has 0 aliphatic carbocycles. The molecule has 2 aromatic carbocycles. The second kappa shape index (κ2) is 13.3. The van der Waals surface area contributed by atoms with Gasteiger partial charge in [0.05, 0.1) is 16.3 Å². The van der Waals surface area contributed by atoms with Gasteiger partial charge in [-0.1, -0.05) is 34.1 Å². The number of carbonyl (C=O) groups excluding carboxylic acids is 3. The maximum Gasteiger partial charge on any atom is 0.264 e. The average Bonchev–Trinajstić information content (AvgIpc) is 3.72. The van der Waals surface area contributed by atoms with Crippen molar-refractivity contribution in [3.8, 4) is 0 Å². The number of hydrogen-bond donors (Lipinski definition) is 1. The van der Waals surface area contributed by atoms with E-state index < -0.39 is 16.1 Å². The number of rotatable bonds is 8. The van der Waals surface area contributed by atoms with Crippen molar-refractivity contribution in [3.05, 3.63) is 63.3 Å². The van der Waals surface area contributed by atoms with Crippen molar-refractivity contribution in [3.63, 3.8) is 0 Å². The van der Waals surface area contributed by atoms with Crippen molar-refractivity contribution < 1.29 is 22.8 Å². The molecule has 234 valence electrons. The zero-order valence-corrected chi connectivity index (χ0v) is 27.6. The monoisotopic (exact) mass is 701 g/mol. The molecule has 3 aromatic rings. The van der Waals surface area contributed by atoms with E-state index in [1.807, 2.05) is 45.5 Å². The second-order valence-corrected chi connectivity index (χ2v) is 15.3. The third-order valence-electron chi connectivity index (χ3n) is 8.80. The molecule has 0 saturated carbocycles. The van der Waals surface area contributed by atoms with Crippen LogP contribution in [0, 0.1) is 0 Å². The smallest absolute Gasteiger partial charge is 0.264 e. The Bertz CT molecular complexity index is 1640. The molecule has 1 aromatic heterocycles. The van der Waals surface area contributed by atoms with Gasteiger partial charge < -0.3 is 14.7 Å². The van der Waals surface area contributed by atoms with Crippen molar-refractivity contribution in [2.45, 2.75) is 42.7 Å². The van der Waals surface area contributed by atoms with Crippen LogP contribution in [-0.2, 0) is 19.6 Å². The molecule has 2 unspecified atom stereocenters. The first-order valence-electron chi connectivity index (χ1n) is 15.0. The van der Waals surface area contributed by atoms with Crippen molar-refractivity contribution in [1.29, 1.82) is 0 Å². The molecule has 0 radical (unpaired) electrons. The highest BCUT2D eigenvalue weighted by molar-refractivity contribution is 9.10. The molecule has 4 heterocycles. The van der Waals surface area contributed by atoms with Gasteiger partial charge in [0.1, 0.15) is 6.04 Å². The van der Waals surface area contributed by atoms with E-state index in [4.69, 9.17) is 0 Å². The average molecular weight is 703 g/mol. The highest BCUT2D eigenvalue weighted by atomic mass is 79.9. The van der Waals surface area contributed by atoms with E-state index in [2.05, 4.69) is 25.6 Å². The molecule has 3 fully saturated rings. The van der Waals surface area contributed by atoms with E-state index in [0.717, 1.165) is 52.6 Å². The summed E-state index contributed by atoms with van der Waals surface area (Å²) in [6.45, 7) is 4.60. The van der Waals surface area contributed by atoms with Gasteiger partial charge in [-0.2, -0.15) is 4.72 Å². The molecule has 0 bridgehead atoms. The molecule has 44 heavy (non-hydrogen) atoms. The van der Waals surface area contributed by atoms with Gasteiger partial charge >= 0.3 is 0 Å². The SMILES string of the molecule is O=C(c1cccs1)N1CCN(CC2CCCN2C(=O)CN2CCCC(NS(=O)(=O)c3ccc4cc(Br)ccc4c3)C2=O)CC1. The highest BCUT2D eigenvalue weighted by Gasteiger charge is 2.37. The maximum absolute atomic E-state index is 13.5. The van der Waals surface area contributed by atoms with E-state index in [1.165, 1.54) is 16.2 Å². The van der Waals surface area contributed by atoms with Crippen molar-refractivity contribution >= 4 is 65.8 Å². The number of amides is 3. The first-order chi connectivity index (χ1) is 21.2. The lowest BCUT2D eigenvalue weighted by Crippen LogP contribution is -2.56. The Morgan fingerprint density at radius 1 is 0.932 bits per heavy atom.